The Morgan fingerprint density at radius 3 is 2.54 bits per heavy atom. The first-order chi connectivity index (χ1) is 13.2. The van der Waals surface area contributed by atoms with Crippen LogP contribution in [0.4, 0.5) is 0 Å². The van der Waals surface area contributed by atoms with Gasteiger partial charge in [0.1, 0.15) is 10.7 Å². The maximum atomic E-state index is 12.4. The van der Waals surface area contributed by atoms with Gasteiger partial charge >= 0.3 is 0 Å². The van der Waals surface area contributed by atoms with Crippen LogP contribution in [0.1, 0.15) is 44.1 Å². The molecule has 0 atom stereocenters. The van der Waals surface area contributed by atoms with E-state index in [1.807, 2.05) is 45.0 Å². The first-order valence-electron chi connectivity index (χ1n) is 9.07. The van der Waals surface area contributed by atoms with Crippen LogP contribution in [-0.4, -0.2) is 19.9 Å². The summed E-state index contributed by atoms with van der Waals surface area (Å²) in [4.78, 5) is 37.5. The molecule has 6 nitrogen and oxygen atoms in total. The van der Waals surface area contributed by atoms with Gasteiger partial charge in [0.15, 0.2) is 0 Å². The molecule has 2 aromatic heterocycles. The molecule has 3 aromatic rings. The summed E-state index contributed by atoms with van der Waals surface area (Å²) >= 11 is 5.98. The summed E-state index contributed by atoms with van der Waals surface area (Å²) in [6.07, 6.45) is 6.22. The standard InChI is InChI=1S/C21H23ClN4O2/c1-21(2,3)18-16(23-12-24-18)11-17-20(28)25-15(19(27)26-17)9-5-7-13-6-4-8-14(22)10-13/h4,6,8-12H,5,7H2,1-3H3,(H,23,24)(H,25,28)(H,26,27)/b15-9-,17-11-. The summed E-state index contributed by atoms with van der Waals surface area (Å²) in [5.41, 5.74) is 1.72. The number of aromatic nitrogens is 4. The lowest BCUT2D eigenvalue weighted by molar-refractivity contribution is 0.571. The summed E-state index contributed by atoms with van der Waals surface area (Å²) in [6.45, 7) is 6.13. The average Bonchev–Trinajstić information content (AvgIpc) is 3.08. The molecule has 0 fully saturated rings. The molecule has 0 amide bonds. The molecule has 1 aromatic carbocycles. The molecule has 3 rings (SSSR count). The van der Waals surface area contributed by atoms with E-state index < -0.39 is 0 Å². The van der Waals surface area contributed by atoms with Gasteiger partial charge in [-0.05, 0) is 36.6 Å². The molecule has 0 saturated carbocycles. The lowest BCUT2D eigenvalue weighted by Crippen LogP contribution is -2.46. The third-order valence-electron chi connectivity index (χ3n) is 4.36. The van der Waals surface area contributed by atoms with Gasteiger partial charge in [0, 0.05) is 16.1 Å². The van der Waals surface area contributed by atoms with Gasteiger partial charge in [0.2, 0.25) is 0 Å². The van der Waals surface area contributed by atoms with Crippen LogP contribution in [0.25, 0.3) is 12.2 Å². The fraction of sp³-hybridized carbons (Fsp3) is 0.286. The van der Waals surface area contributed by atoms with Gasteiger partial charge in [0.05, 0.1) is 12.0 Å². The number of aromatic amines is 3. The second-order valence-electron chi connectivity index (χ2n) is 7.67. The topological polar surface area (TPSA) is 94.4 Å². The van der Waals surface area contributed by atoms with Crippen molar-refractivity contribution in [2.75, 3.05) is 0 Å². The number of hydrogen-bond acceptors (Lipinski definition) is 3. The molecule has 146 valence electrons. The molecule has 7 heteroatoms. The zero-order chi connectivity index (χ0) is 20.3. The third-order valence-corrected chi connectivity index (χ3v) is 4.59. The van der Waals surface area contributed by atoms with Crippen LogP contribution in [0.15, 0.2) is 40.2 Å². The Balaban J connectivity index is 1.90. The molecule has 0 unspecified atom stereocenters. The van der Waals surface area contributed by atoms with Crippen molar-refractivity contribution in [3.63, 3.8) is 0 Å². The van der Waals surface area contributed by atoms with Gasteiger partial charge in [-0.1, -0.05) is 50.6 Å². The molecule has 0 radical (unpaired) electrons. The van der Waals surface area contributed by atoms with Gasteiger partial charge in [0.25, 0.3) is 11.1 Å². The lowest BCUT2D eigenvalue weighted by atomic mass is 9.90. The Morgan fingerprint density at radius 2 is 1.82 bits per heavy atom. The summed E-state index contributed by atoms with van der Waals surface area (Å²) < 4.78 is 0. The SMILES string of the molecule is CC(C)(C)c1[nH]cnc1/C=c1\[nH]c(=O)/c(=C/CCc2cccc(Cl)c2)[nH]c1=O. The van der Waals surface area contributed by atoms with E-state index in [4.69, 9.17) is 11.6 Å². The number of aryl methyl sites for hydroxylation is 1. The normalized spacial score (nSPS) is 13.3. The minimum atomic E-state index is -0.364. The highest BCUT2D eigenvalue weighted by molar-refractivity contribution is 6.30. The van der Waals surface area contributed by atoms with Crippen LogP contribution < -0.4 is 21.8 Å². The van der Waals surface area contributed by atoms with Gasteiger partial charge in [-0.15, -0.1) is 0 Å². The second-order valence-corrected chi connectivity index (χ2v) is 8.10. The van der Waals surface area contributed by atoms with E-state index in [0.29, 0.717) is 17.1 Å². The predicted molar refractivity (Wildman–Crippen MR) is 112 cm³/mol. The quantitative estimate of drug-likeness (QED) is 0.627. The number of halogens is 1. The largest absolute Gasteiger partial charge is 0.348 e. The van der Waals surface area contributed by atoms with E-state index in [0.717, 1.165) is 17.7 Å². The van der Waals surface area contributed by atoms with Crippen molar-refractivity contribution < 1.29 is 0 Å². The molecule has 0 aliphatic rings. The highest BCUT2D eigenvalue weighted by Gasteiger charge is 2.19. The van der Waals surface area contributed by atoms with E-state index in [2.05, 4.69) is 19.9 Å². The smallest absolute Gasteiger partial charge is 0.272 e. The minimum Gasteiger partial charge on any atom is -0.348 e. The first-order valence-corrected chi connectivity index (χ1v) is 9.44. The maximum absolute atomic E-state index is 12.4. The molecule has 28 heavy (non-hydrogen) atoms. The number of benzene rings is 1. The van der Waals surface area contributed by atoms with Gasteiger partial charge in [-0.2, -0.15) is 0 Å². The average molecular weight is 399 g/mol. The van der Waals surface area contributed by atoms with Crippen molar-refractivity contribution >= 4 is 23.8 Å². The molecule has 3 N–H and O–H groups in total. The molecular formula is C21H23ClN4O2. The van der Waals surface area contributed by atoms with Gasteiger partial charge in [-0.3, -0.25) is 9.59 Å². The van der Waals surface area contributed by atoms with Crippen LogP contribution in [0.3, 0.4) is 0 Å². The van der Waals surface area contributed by atoms with E-state index in [9.17, 15) is 9.59 Å². The summed E-state index contributed by atoms with van der Waals surface area (Å²) in [5.74, 6) is 0. The molecule has 0 spiro atoms. The lowest BCUT2D eigenvalue weighted by Gasteiger charge is -2.16. The maximum Gasteiger partial charge on any atom is 0.272 e. The number of nitrogens with zero attached hydrogens (tertiary/aromatic N) is 1. The van der Waals surface area contributed by atoms with Crippen molar-refractivity contribution in [3.8, 4) is 0 Å². The van der Waals surface area contributed by atoms with E-state index in [1.54, 1.807) is 18.5 Å². The van der Waals surface area contributed by atoms with Crippen molar-refractivity contribution in [1.82, 2.24) is 19.9 Å². The van der Waals surface area contributed by atoms with E-state index in [1.165, 1.54) is 0 Å². The Hall–Kier alpha value is -2.86. The molecule has 0 saturated heterocycles. The molecule has 0 aliphatic heterocycles. The summed E-state index contributed by atoms with van der Waals surface area (Å²) in [5, 5.41) is 1.11. The highest BCUT2D eigenvalue weighted by atomic mass is 35.5. The van der Waals surface area contributed by atoms with Crippen molar-refractivity contribution in [2.24, 2.45) is 0 Å². The fourth-order valence-electron chi connectivity index (χ4n) is 2.97. The number of nitrogens with one attached hydrogen (secondary N) is 3. The Kier molecular flexibility index (Phi) is 5.70. The summed E-state index contributed by atoms with van der Waals surface area (Å²) in [6, 6.07) is 7.56. The number of imidazole rings is 1. The van der Waals surface area contributed by atoms with Crippen LogP contribution in [-0.2, 0) is 11.8 Å². The molecule has 0 aliphatic carbocycles. The Labute approximate surface area is 167 Å². The van der Waals surface area contributed by atoms with Crippen molar-refractivity contribution in [2.45, 2.75) is 39.0 Å². The monoisotopic (exact) mass is 398 g/mol. The van der Waals surface area contributed by atoms with E-state index in [-0.39, 0.29) is 27.2 Å². The Morgan fingerprint density at radius 1 is 1.11 bits per heavy atom. The molecular weight excluding hydrogens is 376 g/mol. The van der Waals surface area contributed by atoms with Gasteiger partial charge in [-0.25, -0.2) is 4.98 Å². The third kappa shape index (κ3) is 4.70. The number of H-pyrrole nitrogens is 3. The van der Waals surface area contributed by atoms with Crippen LogP contribution in [0.5, 0.6) is 0 Å². The van der Waals surface area contributed by atoms with Gasteiger partial charge < -0.3 is 15.0 Å². The molecule has 0 bridgehead atoms. The van der Waals surface area contributed by atoms with Crippen LogP contribution >= 0.6 is 11.6 Å². The summed E-state index contributed by atoms with van der Waals surface area (Å²) in [7, 11) is 0. The fourth-order valence-corrected chi connectivity index (χ4v) is 3.18. The van der Waals surface area contributed by atoms with E-state index >= 15 is 0 Å². The second kappa shape index (κ2) is 8.02. The zero-order valence-electron chi connectivity index (χ0n) is 16.1. The van der Waals surface area contributed by atoms with Crippen LogP contribution in [0.2, 0.25) is 5.02 Å². The number of rotatable bonds is 4. The predicted octanol–water partition coefficient (Wildman–Crippen LogP) is 1.98. The highest BCUT2D eigenvalue weighted by Crippen LogP contribution is 2.22. The van der Waals surface area contributed by atoms with Crippen molar-refractivity contribution in [3.05, 3.63) is 84.0 Å². The minimum absolute atomic E-state index is 0.163. The Bertz CT molecular complexity index is 1210. The van der Waals surface area contributed by atoms with Crippen molar-refractivity contribution in [1.29, 1.82) is 0 Å². The zero-order valence-corrected chi connectivity index (χ0v) is 16.9. The molecule has 2 heterocycles. The first kappa shape index (κ1) is 19.9. The van der Waals surface area contributed by atoms with Crippen LogP contribution in [0, 0.1) is 0 Å². The number of hydrogen-bond donors (Lipinski definition) is 3.